The highest BCUT2D eigenvalue weighted by Gasteiger charge is 2.24. The van der Waals surface area contributed by atoms with Gasteiger partial charge in [0, 0.05) is 31.6 Å². The fourth-order valence-electron chi connectivity index (χ4n) is 4.37. The summed E-state index contributed by atoms with van der Waals surface area (Å²) < 4.78 is 17.2. The first-order valence-corrected chi connectivity index (χ1v) is 11.5. The summed E-state index contributed by atoms with van der Waals surface area (Å²) in [5, 5.41) is 0.408. The van der Waals surface area contributed by atoms with Crippen LogP contribution >= 0.6 is 0 Å². The summed E-state index contributed by atoms with van der Waals surface area (Å²) in [5.74, 6) is 0.356. The Hall–Kier alpha value is -3.10. The molecule has 0 aliphatic heterocycles. The monoisotopic (exact) mass is 459 g/mol. The molecule has 0 atom stereocenters. The van der Waals surface area contributed by atoms with Crippen molar-refractivity contribution >= 4 is 22.8 Å². The molecular formula is C24H33N3O6. The van der Waals surface area contributed by atoms with E-state index in [1.54, 1.807) is 12.1 Å². The number of carbonyl (C=O) groups excluding carboxylic acids is 2. The van der Waals surface area contributed by atoms with Gasteiger partial charge in [-0.2, -0.15) is 0 Å². The van der Waals surface area contributed by atoms with Crippen molar-refractivity contribution < 1.29 is 23.8 Å². The van der Waals surface area contributed by atoms with Gasteiger partial charge < -0.3 is 19.1 Å². The first-order valence-electron chi connectivity index (χ1n) is 11.5. The summed E-state index contributed by atoms with van der Waals surface area (Å²) >= 11 is 0. The molecule has 1 aliphatic carbocycles. The van der Waals surface area contributed by atoms with Crippen LogP contribution in [0.1, 0.15) is 51.9 Å². The molecule has 1 aromatic carbocycles. The number of esters is 1. The van der Waals surface area contributed by atoms with E-state index in [0.29, 0.717) is 41.9 Å². The number of benzene rings is 1. The van der Waals surface area contributed by atoms with Gasteiger partial charge in [0.2, 0.25) is 0 Å². The van der Waals surface area contributed by atoms with Gasteiger partial charge in [0.05, 0.1) is 31.4 Å². The van der Waals surface area contributed by atoms with E-state index in [1.165, 1.54) is 31.5 Å². The summed E-state index contributed by atoms with van der Waals surface area (Å²) in [6.45, 7) is 2.65. The standard InChI is InChI=1S/C24H33N3O6/c1-4-27(17-9-6-5-7-10-17)22(28)15-33-23(29)11-8-12-26-16-25-19-14-21(32-3)20(31-2)13-18(19)24(26)30/h13-14,16-17H,4-12,15H2,1-3H3. The first-order chi connectivity index (χ1) is 16.0. The molecule has 0 unspecified atom stereocenters. The summed E-state index contributed by atoms with van der Waals surface area (Å²) in [4.78, 5) is 43.6. The van der Waals surface area contributed by atoms with Gasteiger partial charge in [-0.3, -0.25) is 19.0 Å². The van der Waals surface area contributed by atoms with E-state index in [4.69, 9.17) is 14.2 Å². The van der Waals surface area contributed by atoms with Crippen LogP contribution in [0.5, 0.6) is 11.5 Å². The van der Waals surface area contributed by atoms with Crippen LogP contribution in [0.4, 0.5) is 0 Å². The molecule has 3 rings (SSSR count). The maximum absolute atomic E-state index is 12.8. The second-order valence-electron chi connectivity index (χ2n) is 8.20. The molecule has 9 nitrogen and oxygen atoms in total. The van der Waals surface area contributed by atoms with E-state index in [-0.39, 0.29) is 30.5 Å². The quantitative estimate of drug-likeness (QED) is 0.504. The lowest BCUT2D eigenvalue weighted by Crippen LogP contribution is -2.43. The average Bonchev–Trinajstić information content (AvgIpc) is 2.84. The topological polar surface area (TPSA) is 100.0 Å². The number of hydrogen-bond donors (Lipinski definition) is 0. The Balaban J connectivity index is 1.52. The third kappa shape index (κ3) is 6.03. The van der Waals surface area contributed by atoms with E-state index in [0.717, 1.165) is 25.7 Å². The molecule has 1 amide bonds. The van der Waals surface area contributed by atoms with Gasteiger partial charge in [-0.15, -0.1) is 0 Å². The second-order valence-corrected chi connectivity index (χ2v) is 8.20. The Kier molecular flexibility index (Phi) is 8.68. The molecule has 0 spiro atoms. The molecule has 0 N–H and O–H groups in total. The number of carbonyl (C=O) groups is 2. The largest absolute Gasteiger partial charge is 0.493 e. The van der Waals surface area contributed by atoms with Crippen molar-refractivity contribution in [1.29, 1.82) is 0 Å². The summed E-state index contributed by atoms with van der Waals surface area (Å²) in [7, 11) is 3.02. The molecule has 0 bridgehead atoms. The zero-order valence-electron chi connectivity index (χ0n) is 19.7. The van der Waals surface area contributed by atoms with Crippen LogP contribution in [0.15, 0.2) is 23.3 Å². The lowest BCUT2D eigenvalue weighted by atomic mass is 9.94. The van der Waals surface area contributed by atoms with Crippen molar-refractivity contribution in [3.8, 4) is 11.5 Å². The minimum absolute atomic E-state index is 0.110. The Morgan fingerprint density at radius 2 is 1.82 bits per heavy atom. The van der Waals surface area contributed by atoms with Crippen molar-refractivity contribution in [1.82, 2.24) is 14.5 Å². The normalized spacial score (nSPS) is 14.2. The fourth-order valence-corrected chi connectivity index (χ4v) is 4.37. The lowest BCUT2D eigenvalue weighted by Gasteiger charge is -2.33. The van der Waals surface area contributed by atoms with Gasteiger partial charge in [-0.25, -0.2) is 4.98 Å². The van der Waals surface area contributed by atoms with E-state index >= 15 is 0 Å². The van der Waals surface area contributed by atoms with Gasteiger partial charge >= 0.3 is 5.97 Å². The highest BCUT2D eigenvalue weighted by molar-refractivity contribution is 5.82. The maximum Gasteiger partial charge on any atom is 0.306 e. The smallest absolute Gasteiger partial charge is 0.306 e. The Bertz CT molecular complexity index is 1030. The molecule has 1 saturated carbocycles. The molecule has 1 heterocycles. The molecule has 1 aliphatic rings. The van der Waals surface area contributed by atoms with Crippen LogP contribution in [0.25, 0.3) is 10.9 Å². The predicted molar refractivity (Wildman–Crippen MR) is 124 cm³/mol. The third-order valence-corrected chi connectivity index (χ3v) is 6.14. The number of rotatable bonds is 10. The van der Waals surface area contributed by atoms with Gasteiger partial charge in [0.15, 0.2) is 18.1 Å². The van der Waals surface area contributed by atoms with E-state index in [9.17, 15) is 14.4 Å². The van der Waals surface area contributed by atoms with Crippen molar-refractivity contribution in [3.05, 3.63) is 28.8 Å². The zero-order valence-corrected chi connectivity index (χ0v) is 19.7. The number of likely N-dealkylation sites (N-methyl/N-ethyl adjacent to an activating group) is 1. The number of aryl methyl sites for hydroxylation is 1. The van der Waals surface area contributed by atoms with Gasteiger partial charge in [0.1, 0.15) is 0 Å². The minimum Gasteiger partial charge on any atom is -0.493 e. The first kappa shape index (κ1) is 24.5. The van der Waals surface area contributed by atoms with Crippen LogP contribution < -0.4 is 15.0 Å². The van der Waals surface area contributed by atoms with Crippen LogP contribution in [0, 0.1) is 0 Å². The van der Waals surface area contributed by atoms with Crippen molar-refractivity contribution in [3.63, 3.8) is 0 Å². The highest BCUT2D eigenvalue weighted by Crippen LogP contribution is 2.29. The summed E-state index contributed by atoms with van der Waals surface area (Å²) in [6.07, 6.45) is 7.48. The third-order valence-electron chi connectivity index (χ3n) is 6.14. The summed E-state index contributed by atoms with van der Waals surface area (Å²) in [5.41, 5.74) is 0.279. The van der Waals surface area contributed by atoms with Crippen LogP contribution in [-0.4, -0.2) is 59.7 Å². The van der Waals surface area contributed by atoms with Crippen LogP contribution in [0.3, 0.4) is 0 Å². The molecule has 9 heteroatoms. The molecule has 0 saturated heterocycles. The molecule has 0 radical (unpaired) electrons. The number of hydrogen-bond acceptors (Lipinski definition) is 7. The van der Waals surface area contributed by atoms with Gasteiger partial charge in [-0.05, 0) is 32.3 Å². The number of ether oxygens (including phenoxy) is 3. The number of amides is 1. The SMILES string of the molecule is CCN(C(=O)COC(=O)CCCn1cnc2cc(OC)c(OC)cc2c1=O)C1CCCCC1. The highest BCUT2D eigenvalue weighted by atomic mass is 16.5. The Morgan fingerprint density at radius 3 is 2.48 bits per heavy atom. The average molecular weight is 460 g/mol. The zero-order chi connectivity index (χ0) is 23.8. The number of fused-ring (bicyclic) bond motifs is 1. The van der Waals surface area contributed by atoms with Crippen LogP contribution in [-0.2, 0) is 20.9 Å². The van der Waals surface area contributed by atoms with E-state index in [2.05, 4.69) is 4.98 Å². The molecule has 1 fully saturated rings. The predicted octanol–water partition coefficient (Wildman–Crippen LogP) is 2.92. The molecule has 33 heavy (non-hydrogen) atoms. The van der Waals surface area contributed by atoms with Gasteiger partial charge in [0.25, 0.3) is 11.5 Å². The van der Waals surface area contributed by atoms with E-state index in [1.807, 2.05) is 11.8 Å². The van der Waals surface area contributed by atoms with Crippen molar-refractivity contribution in [2.75, 3.05) is 27.4 Å². The van der Waals surface area contributed by atoms with Crippen LogP contribution in [0.2, 0.25) is 0 Å². The summed E-state index contributed by atoms with van der Waals surface area (Å²) in [6, 6.07) is 3.51. The molecule has 1 aromatic heterocycles. The number of methoxy groups -OCH3 is 2. The number of aromatic nitrogens is 2. The fraction of sp³-hybridized carbons (Fsp3) is 0.583. The Morgan fingerprint density at radius 1 is 1.12 bits per heavy atom. The Labute approximate surface area is 193 Å². The molecule has 180 valence electrons. The molecule has 2 aromatic rings. The van der Waals surface area contributed by atoms with E-state index < -0.39 is 5.97 Å². The maximum atomic E-state index is 12.8. The second kappa shape index (κ2) is 11.7. The molecular weight excluding hydrogens is 426 g/mol. The van der Waals surface area contributed by atoms with Crippen molar-refractivity contribution in [2.45, 2.75) is 64.5 Å². The number of nitrogens with zero attached hydrogens (tertiary/aromatic N) is 3. The van der Waals surface area contributed by atoms with Crippen molar-refractivity contribution in [2.24, 2.45) is 0 Å². The van der Waals surface area contributed by atoms with Gasteiger partial charge in [-0.1, -0.05) is 19.3 Å². The minimum atomic E-state index is -0.448. The lowest BCUT2D eigenvalue weighted by molar-refractivity contribution is -0.153.